The van der Waals surface area contributed by atoms with Crippen molar-refractivity contribution in [3.8, 4) is 0 Å². The minimum atomic E-state index is 0.226. The van der Waals surface area contributed by atoms with Crippen LogP contribution in [0.25, 0.3) is 0 Å². The molecule has 100 valence electrons. The maximum Gasteiger partial charge on any atom is 0.191 e. The normalized spacial score (nSPS) is 20.3. The lowest BCUT2D eigenvalue weighted by Gasteiger charge is -2.25. The zero-order valence-electron chi connectivity index (χ0n) is 11.7. The van der Waals surface area contributed by atoms with Crippen LogP contribution in [0, 0.1) is 0 Å². The fourth-order valence-corrected chi connectivity index (χ4v) is 3.39. The van der Waals surface area contributed by atoms with Gasteiger partial charge in [0, 0.05) is 16.3 Å². The number of aliphatic imine (C=N–C) groups is 1. The fourth-order valence-electron chi connectivity index (χ4n) is 2.22. The summed E-state index contributed by atoms with van der Waals surface area (Å²) in [4.78, 5) is 9.44. The van der Waals surface area contributed by atoms with Crippen molar-refractivity contribution in [2.75, 3.05) is 13.1 Å². The van der Waals surface area contributed by atoms with Gasteiger partial charge in [-0.1, -0.05) is 27.7 Å². The Bertz CT molecular complexity index is 442. The smallest absolute Gasteiger partial charge is 0.191 e. The molecule has 2 heterocycles. The van der Waals surface area contributed by atoms with Crippen molar-refractivity contribution in [2.45, 2.75) is 45.6 Å². The molecule has 18 heavy (non-hydrogen) atoms. The minimum absolute atomic E-state index is 0.226. The predicted molar refractivity (Wildman–Crippen MR) is 79.2 cm³/mol. The third-order valence-corrected chi connectivity index (χ3v) is 4.87. The van der Waals surface area contributed by atoms with E-state index >= 15 is 0 Å². The Kier molecular flexibility index (Phi) is 3.66. The summed E-state index contributed by atoms with van der Waals surface area (Å²) in [5.41, 5.74) is 6.19. The Hall–Kier alpha value is -1.03. The lowest BCUT2D eigenvalue weighted by Crippen LogP contribution is -2.36. The number of guanidine groups is 1. The van der Waals surface area contributed by atoms with Gasteiger partial charge in [0.25, 0.3) is 0 Å². The molecule has 1 atom stereocenters. The van der Waals surface area contributed by atoms with E-state index in [1.807, 2.05) is 11.3 Å². The molecule has 1 unspecified atom stereocenters. The van der Waals surface area contributed by atoms with Gasteiger partial charge >= 0.3 is 0 Å². The molecule has 0 spiro atoms. The molecule has 0 radical (unpaired) electrons. The maximum absolute atomic E-state index is 5.97. The molecule has 0 saturated heterocycles. The molecule has 1 aromatic rings. The maximum atomic E-state index is 5.97. The van der Waals surface area contributed by atoms with E-state index in [0.29, 0.717) is 12.0 Å². The van der Waals surface area contributed by atoms with E-state index in [1.54, 1.807) is 0 Å². The lowest BCUT2D eigenvalue weighted by molar-refractivity contribution is 0.351. The fraction of sp³-hybridized carbons (Fsp3) is 0.643. The molecule has 0 aromatic carbocycles. The van der Waals surface area contributed by atoms with Gasteiger partial charge in [0.15, 0.2) is 5.96 Å². The van der Waals surface area contributed by atoms with Gasteiger partial charge in [-0.3, -0.25) is 4.99 Å². The molecule has 2 rings (SSSR count). The predicted octanol–water partition coefficient (Wildman–Crippen LogP) is 3.13. The summed E-state index contributed by atoms with van der Waals surface area (Å²) in [5.74, 6) is 0.701. The average Bonchev–Trinajstić information content (AvgIpc) is 2.86. The summed E-state index contributed by atoms with van der Waals surface area (Å²) in [6, 6.07) is 4.84. The summed E-state index contributed by atoms with van der Waals surface area (Å²) in [7, 11) is 0. The first-order chi connectivity index (χ1) is 8.43. The van der Waals surface area contributed by atoms with Crippen LogP contribution in [0.15, 0.2) is 17.1 Å². The van der Waals surface area contributed by atoms with Gasteiger partial charge in [0.1, 0.15) is 0 Å². The molecule has 1 aliphatic heterocycles. The first kappa shape index (κ1) is 13.4. The van der Waals surface area contributed by atoms with Crippen LogP contribution >= 0.6 is 11.3 Å². The topological polar surface area (TPSA) is 41.6 Å². The number of nitrogens with zero attached hydrogens (tertiary/aromatic N) is 2. The second kappa shape index (κ2) is 4.92. The highest BCUT2D eigenvalue weighted by Crippen LogP contribution is 2.35. The SMILES string of the molecule is CCCN1C(N)=NCC1c1ccc(C(C)(C)C)s1. The molecule has 0 saturated carbocycles. The Labute approximate surface area is 114 Å². The quantitative estimate of drug-likeness (QED) is 0.912. The standard InChI is InChI=1S/C14H23N3S/c1-5-8-17-10(9-16-13(17)15)11-6-7-12(18-11)14(2,3)4/h6-7,10H,5,8-9H2,1-4H3,(H2,15,16). The van der Waals surface area contributed by atoms with Crippen LogP contribution in [-0.4, -0.2) is 23.9 Å². The molecular formula is C14H23N3S. The van der Waals surface area contributed by atoms with E-state index in [1.165, 1.54) is 9.75 Å². The number of hydrogen-bond acceptors (Lipinski definition) is 4. The summed E-state index contributed by atoms with van der Waals surface area (Å²) in [6.07, 6.45) is 1.10. The van der Waals surface area contributed by atoms with Gasteiger partial charge in [0.05, 0.1) is 12.6 Å². The van der Waals surface area contributed by atoms with Gasteiger partial charge < -0.3 is 10.6 Å². The number of rotatable bonds is 3. The van der Waals surface area contributed by atoms with Gasteiger partial charge in [-0.15, -0.1) is 11.3 Å². The Morgan fingerprint density at radius 3 is 2.72 bits per heavy atom. The molecule has 2 N–H and O–H groups in total. The van der Waals surface area contributed by atoms with Crippen molar-refractivity contribution in [2.24, 2.45) is 10.7 Å². The van der Waals surface area contributed by atoms with Crippen LogP contribution in [0.3, 0.4) is 0 Å². The van der Waals surface area contributed by atoms with Gasteiger partial charge in [-0.25, -0.2) is 0 Å². The number of hydrogen-bond donors (Lipinski definition) is 1. The molecule has 0 amide bonds. The van der Waals surface area contributed by atoms with Gasteiger partial charge in [-0.2, -0.15) is 0 Å². The van der Waals surface area contributed by atoms with Crippen LogP contribution in [0.4, 0.5) is 0 Å². The zero-order valence-corrected chi connectivity index (χ0v) is 12.5. The first-order valence-corrected chi connectivity index (χ1v) is 7.42. The molecule has 4 heteroatoms. The van der Waals surface area contributed by atoms with Crippen LogP contribution in [-0.2, 0) is 5.41 Å². The highest BCUT2D eigenvalue weighted by Gasteiger charge is 2.29. The van der Waals surface area contributed by atoms with E-state index < -0.39 is 0 Å². The van der Waals surface area contributed by atoms with E-state index in [0.717, 1.165) is 19.5 Å². The van der Waals surface area contributed by atoms with Gasteiger partial charge in [0.2, 0.25) is 0 Å². The molecule has 1 aliphatic rings. The van der Waals surface area contributed by atoms with Crippen molar-refractivity contribution in [1.82, 2.24) is 4.90 Å². The summed E-state index contributed by atoms with van der Waals surface area (Å²) in [6.45, 7) is 10.7. The van der Waals surface area contributed by atoms with Gasteiger partial charge in [-0.05, 0) is 24.0 Å². The Morgan fingerprint density at radius 1 is 1.44 bits per heavy atom. The molecule has 0 aliphatic carbocycles. The highest BCUT2D eigenvalue weighted by molar-refractivity contribution is 7.12. The number of nitrogens with two attached hydrogens (primary N) is 1. The van der Waals surface area contributed by atoms with Crippen molar-refractivity contribution in [3.63, 3.8) is 0 Å². The van der Waals surface area contributed by atoms with Crippen molar-refractivity contribution >= 4 is 17.3 Å². The van der Waals surface area contributed by atoms with Crippen molar-refractivity contribution in [1.29, 1.82) is 0 Å². The van der Waals surface area contributed by atoms with Crippen molar-refractivity contribution < 1.29 is 0 Å². The van der Waals surface area contributed by atoms with E-state index in [9.17, 15) is 0 Å². The second-order valence-electron chi connectivity index (χ2n) is 5.86. The average molecular weight is 265 g/mol. The lowest BCUT2D eigenvalue weighted by atomic mass is 9.95. The Morgan fingerprint density at radius 2 is 2.17 bits per heavy atom. The van der Waals surface area contributed by atoms with E-state index in [4.69, 9.17) is 5.73 Å². The molecule has 1 aromatic heterocycles. The van der Waals surface area contributed by atoms with Crippen LogP contribution in [0.1, 0.15) is 49.9 Å². The monoisotopic (exact) mass is 265 g/mol. The van der Waals surface area contributed by atoms with Crippen LogP contribution in [0.5, 0.6) is 0 Å². The van der Waals surface area contributed by atoms with E-state index in [-0.39, 0.29) is 5.41 Å². The second-order valence-corrected chi connectivity index (χ2v) is 6.98. The largest absolute Gasteiger partial charge is 0.370 e. The van der Waals surface area contributed by atoms with Crippen LogP contribution in [0.2, 0.25) is 0 Å². The summed E-state index contributed by atoms with van der Waals surface area (Å²) < 4.78 is 0. The molecule has 0 fully saturated rings. The van der Waals surface area contributed by atoms with Crippen LogP contribution < -0.4 is 5.73 Å². The molecule has 3 nitrogen and oxygen atoms in total. The third-order valence-electron chi connectivity index (χ3n) is 3.26. The first-order valence-electron chi connectivity index (χ1n) is 6.60. The number of thiophene rings is 1. The highest BCUT2D eigenvalue weighted by atomic mass is 32.1. The van der Waals surface area contributed by atoms with Crippen molar-refractivity contribution in [3.05, 3.63) is 21.9 Å². The third kappa shape index (κ3) is 2.53. The molecule has 0 bridgehead atoms. The Balaban J connectivity index is 2.19. The summed E-state index contributed by atoms with van der Waals surface area (Å²) in [5, 5.41) is 0. The summed E-state index contributed by atoms with van der Waals surface area (Å²) >= 11 is 1.90. The molecular weight excluding hydrogens is 242 g/mol. The van der Waals surface area contributed by atoms with E-state index in [2.05, 4.69) is 49.7 Å². The minimum Gasteiger partial charge on any atom is -0.370 e. The zero-order chi connectivity index (χ0) is 13.3.